The monoisotopic (exact) mass is 248 g/mol. The first-order chi connectivity index (χ1) is 8.72. The number of likely N-dealkylation sites (tertiary alicyclic amines) is 1. The van der Waals surface area contributed by atoms with Gasteiger partial charge < -0.3 is 10.1 Å². The number of hydrogen-bond acceptors (Lipinski definition) is 3. The van der Waals surface area contributed by atoms with E-state index in [-0.39, 0.29) is 0 Å². The summed E-state index contributed by atoms with van der Waals surface area (Å²) >= 11 is 0. The number of benzene rings is 1. The molecule has 0 spiro atoms. The lowest BCUT2D eigenvalue weighted by Gasteiger charge is -2.31. The number of piperidine rings is 1. The van der Waals surface area contributed by atoms with E-state index in [1.165, 1.54) is 37.1 Å². The third-order valence-corrected chi connectivity index (χ3v) is 3.87. The van der Waals surface area contributed by atoms with Crippen molar-refractivity contribution in [3.8, 4) is 5.75 Å². The molecule has 0 radical (unpaired) electrons. The minimum absolute atomic E-state index is 0.703. The standard InChI is InChI=1S/C15H24N2O/c1-12-4-5-13(10-15(12)18-3)11-17-8-6-14(16-2)7-9-17/h4-5,10,14,16H,6-9,11H2,1-3H3. The van der Waals surface area contributed by atoms with Gasteiger partial charge in [0.2, 0.25) is 0 Å². The number of rotatable bonds is 4. The topological polar surface area (TPSA) is 24.5 Å². The molecule has 1 aromatic rings. The van der Waals surface area contributed by atoms with Crippen LogP contribution in [0.25, 0.3) is 0 Å². The molecule has 0 aromatic heterocycles. The first kappa shape index (κ1) is 13.4. The predicted molar refractivity (Wildman–Crippen MR) is 75.1 cm³/mol. The Morgan fingerprint density at radius 1 is 1.33 bits per heavy atom. The minimum atomic E-state index is 0.703. The van der Waals surface area contributed by atoms with E-state index < -0.39 is 0 Å². The summed E-state index contributed by atoms with van der Waals surface area (Å²) in [5.74, 6) is 0.998. The highest BCUT2D eigenvalue weighted by Crippen LogP contribution is 2.21. The third kappa shape index (κ3) is 3.24. The molecule has 0 atom stereocenters. The number of ether oxygens (including phenoxy) is 1. The highest BCUT2D eigenvalue weighted by molar-refractivity contribution is 5.36. The number of methoxy groups -OCH3 is 1. The van der Waals surface area contributed by atoms with Crippen molar-refractivity contribution in [1.29, 1.82) is 0 Å². The lowest BCUT2D eigenvalue weighted by atomic mass is 10.0. The van der Waals surface area contributed by atoms with Crippen LogP contribution in [0.5, 0.6) is 5.75 Å². The van der Waals surface area contributed by atoms with Gasteiger partial charge in [-0.15, -0.1) is 0 Å². The van der Waals surface area contributed by atoms with Crippen LogP contribution in [0.1, 0.15) is 24.0 Å². The van der Waals surface area contributed by atoms with E-state index >= 15 is 0 Å². The summed E-state index contributed by atoms with van der Waals surface area (Å²) in [6.45, 7) is 5.48. The Balaban J connectivity index is 1.94. The zero-order valence-corrected chi connectivity index (χ0v) is 11.7. The Kier molecular flexibility index (Phi) is 4.61. The molecule has 2 rings (SSSR count). The minimum Gasteiger partial charge on any atom is -0.496 e. The Bertz CT molecular complexity index is 384. The van der Waals surface area contributed by atoms with Crippen molar-refractivity contribution in [1.82, 2.24) is 10.2 Å². The van der Waals surface area contributed by atoms with Crippen molar-refractivity contribution in [2.24, 2.45) is 0 Å². The van der Waals surface area contributed by atoms with Gasteiger partial charge in [0.1, 0.15) is 5.75 Å². The fourth-order valence-corrected chi connectivity index (χ4v) is 2.60. The first-order valence-corrected chi connectivity index (χ1v) is 6.76. The summed E-state index contributed by atoms with van der Waals surface area (Å²) in [4.78, 5) is 2.53. The highest BCUT2D eigenvalue weighted by Gasteiger charge is 2.17. The molecule has 1 fully saturated rings. The molecular formula is C15H24N2O. The molecular weight excluding hydrogens is 224 g/mol. The number of aryl methyl sites for hydroxylation is 1. The summed E-state index contributed by atoms with van der Waals surface area (Å²) in [5.41, 5.74) is 2.55. The third-order valence-electron chi connectivity index (χ3n) is 3.87. The van der Waals surface area contributed by atoms with Crippen molar-refractivity contribution in [2.75, 3.05) is 27.2 Å². The zero-order chi connectivity index (χ0) is 13.0. The van der Waals surface area contributed by atoms with Gasteiger partial charge in [-0.2, -0.15) is 0 Å². The maximum atomic E-state index is 5.38. The lowest BCUT2D eigenvalue weighted by molar-refractivity contribution is 0.194. The molecule has 0 amide bonds. The molecule has 1 aliphatic rings. The molecule has 1 aromatic carbocycles. The first-order valence-electron chi connectivity index (χ1n) is 6.76. The van der Waals surface area contributed by atoms with Crippen molar-refractivity contribution < 1.29 is 4.74 Å². The number of nitrogens with one attached hydrogen (secondary N) is 1. The molecule has 1 saturated heterocycles. The van der Waals surface area contributed by atoms with E-state index in [9.17, 15) is 0 Å². The van der Waals surface area contributed by atoms with Crippen LogP contribution in [0.2, 0.25) is 0 Å². The molecule has 1 aliphatic heterocycles. The maximum absolute atomic E-state index is 5.38. The van der Waals surface area contributed by atoms with Gasteiger partial charge in [0.05, 0.1) is 7.11 Å². The van der Waals surface area contributed by atoms with Crippen LogP contribution in [-0.2, 0) is 6.54 Å². The van der Waals surface area contributed by atoms with Crippen molar-refractivity contribution in [3.05, 3.63) is 29.3 Å². The Morgan fingerprint density at radius 2 is 2.06 bits per heavy atom. The number of nitrogens with zero attached hydrogens (tertiary/aromatic N) is 1. The van der Waals surface area contributed by atoms with E-state index in [0.29, 0.717) is 6.04 Å². The lowest BCUT2D eigenvalue weighted by Crippen LogP contribution is -2.40. The van der Waals surface area contributed by atoms with Gasteiger partial charge in [-0.3, -0.25) is 4.90 Å². The second-order valence-electron chi connectivity index (χ2n) is 5.14. The highest BCUT2D eigenvalue weighted by atomic mass is 16.5. The smallest absolute Gasteiger partial charge is 0.122 e. The molecule has 1 N–H and O–H groups in total. The van der Waals surface area contributed by atoms with Gasteiger partial charge in [0, 0.05) is 12.6 Å². The molecule has 0 unspecified atom stereocenters. The fourth-order valence-electron chi connectivity index (χ4n) is 2.60. The van der Waals surface area contributed by atoms with Crippen LogP contribution in [0.4, 0.5) is 0 Å². The van der Waals surface area contributed by atoms with Crippen LogP contribution >= 0.6 is 0 Å². The van der Waals surface area contributed by atoms with Crippen LogP contribution in [-0.4, -0.2) is 38.2 Å². The van der Waals surface area contributed by atoms with Gasteiger partial charge in [-0.25, -0.2) is 0 Å². The summed E-state index contributed by atoms with van der Waals surface area (Å²) in [6.07, 6.45) is 2.50. The van der Waals surface area contributed by atoms with Crippen LogP contribution in [0, 0.1) is 6.92 Å². The molecule has 18 heavy (non-hydrogen) atoms. The Morgan fingerprint density at radius 3 is 2.67 bits per heavy atom. The molecule has 3 nitrogen and oxygen atoms in total. The normalized spacial score (nSPS) is 17.9. The number of hydrogen-bond donors (Lipinski definition) is 1. The van der Waals surface area contributed by atoms with Gasteiger partial charge in [-0.05, 0) is 57.1 Å². The van der Waals surface area contributed by atoms with Gasteiger partial charge in [0.15, 0.2) is 0 Å². The molecule has 1 heterocycles. The maximum Gasteiger partial charge on any atom is 0.122 e. The average molecular weight is 248 g/mol. The Labute approximate surface area is 110 Å². The second kappa shape index (κ2) is 6.21. The fraction of sp³-hybridized carbons (Fsp3) is 0.600. The van der Waals surface area contributed by atoms with E-state index in [2.05, 4.69) is 42.4 Å². The molecule has 100 valence electrons. The van der Waals surface area contributed by atoms with Crippen molar-refractivity contribution >= 4 is 0 Å². The summed E-state index contributed by atoms with van der Waals surface area (Å²) in [5, 5.41) is 3.37. The van der Waals surface area contributed by atoms with E-state index in [4.69, 9.17) is 4.74 Å². The molecule has 0 aliphatic carbocycles. The summed E-state index contributed by atoms with van der Waals surface area (Å²) < 4.78 is 5.38. The predicted octanol–water partition coefficient (Wildman–Crippen LogP) is 2.19. The second-order valence-corrected chi connectivity index (χ2v) is 5.14. The molecule has 0 saturated carbocycles. The van der Waals surface area contributed by atoms with Gasteiger partial charge in [-0.1, -0.05) is 12.1 Å². The van der Waals surface area contributed by atoms with Crippen LogP contribution in [0.15, 0.2) is 18.2 Å². The van der Waals surface area contributed by atoms with Gasteiger partial charge >= 0.3 is 0 Å². The van der Waals surface area contributed by atoms with Crippen LogP contribution in [0.3, 0.4) is 0 Å². The van der Waals surface area contributed by atoms with Crippen molar-refractivity contribution in [2.45, 2.75) is 32.4 Å². The SMILES string of the molecule is CNC1CCN(Cc2ccc(C)c(OC)c2)CC1. The van der Waals surface area contributed by atoms with Gasteiger partial charge in [0.25, 0.3) is 0 Å². The summed E-state index contributed by atoms with van der Waals surface area (Å²) in [7, 11) is 3.80. The largest absolute Gasteiger partial charge is 0.496 e. The van der Waals surface area contributed by atoms with E-state index in [1.807, 2.05) is 0 Å². The molecule has 3 heteroatoms. The zero-order valence-electron chi connectivity index (χ0n) is 11.7. The summed E-state index contributed by atoms with van der Waals surface area (Å²) in [6, 6.07) is 7.23. The quantitative estimate of drug-likeness (QED) is 0.884. The van der Waals surface area contributed by atoms with E-state index in [1.54, 1.807) is 7.11 Å². The molecule has 0 bridgehead atoms. The van der Waals surface area contributed by atoms with Crippen LogP contribution < -0.4 is 10.1 Å². The van der Waals surface area contributed by atoms with E-state index in [0.717, 1.165) is 12.3 Å². The van der Waals surface area contributed by atoms with Crippen molar-refractivity contribution in [3.63, 3.8) is 0 Å². The average Bonchev–Trinajstić information content (AvgIpc) is 2.42. The Hall–Kier alpha value is -1.06.